The van der Waals surface area contributed by atoms with E-state index in [1.54, 1.807) is 36.7 Å². The number of aryl methyl sites for hydroxylation is 1. The fourth-order valence-electron chi connectivity index (χ4n) is 2.08. The van der Waals surface area contributed by atoms with Crippen LogP contribution in [0.1, 0.15) is 21.5 Å². The number of aromatic hydroxyl groups is 1. The van der Waals surface area contributed by atoms with Crippen molar-refractivity contribution in [3.63, 3.8) is 0 Å². The predicted molar refractivity (Wildman–Crippen MR) is 78.9 cm³/mol. The van der Waals surface area contributed by atoms with Gasteiger partial charge in [0.1, 0.15) is 5.75 Å². The molecular formula is C16H18N2O3. The predicted octanol–water partition coefficient (Wildman–Crippen LogP) is 1.73. The fraction of sp³-hybridized carbons (Fsp3) is 0.250. The molecule has 0 saturated heterocycles. The molecule has 0 bridgehead atoms. The average molecular weight is 286 g/mol. The van der Waals surface area contributed by atoms with Crippen molar-refractivity contribution in [1.82, 2.24) is 9.88 Å². The van der Waals surface area contributed by atoms with Gasteiger partial charge in [-0.1, -0.05) is 12.1 Å². The highest BCUT2D eigenvalue weighted by molar-refractivity contribution is 5.96. The first-order valence-electron chi connectivity index (χ1n) is 6.70. The normalized spacial score (nSPS) is 10.4. The number of phenols is 1. The maximum absolute atomic E-state index is 12.5. The maximum atomic E-state index is 12.5. The molecule has 5 nitrogen and oxygen atoms in total. The summed E-state index contributed by atoms with van der Waals surface area (Å²) in [7, 11) is 0. The highest BCUT2D eigenvalue weighted by Gasteiger charge is 2.19. The number of aliphatic hydroxyl groups excluding tert-OH is 1. The van der Waals surface area contributed by atoms with Gasteiger partial charge in [0, 0.05) is 25.5 Å². The second-order valence-electron chi connectivity index (χ2n) is 4.83. The standard InChI is InChI=1S/C16H18N2O3/c1-12-4-5-14(15(20)9-12)16(21)18(7-8-19)11-13-3-2-6-17-10-13/h2-6,9-10,19-20H,7-8,11H2,1H3. The first-order valence-corrected chi connectivity index (χ1v) is 6.70. The van der Waals surface area contributed by atoms with Gasteiger partial charge in [-0.3, -0.25) is 9.78 Å². The number of aliphatic hydroxyl groups is 1. The molecule has 0 fully saturated rings. The van der Waals surface area contributed by atoms with E-state index in [4.69, 9.17) is 5.11 Å². The van der Waals surface area contributed by atoms with Gasteiger partial charge in [0.2, 0.25) is 0 Å². The van der Waals surface area contributed by atoms with E-state index in [1.807, 2.05) is 13.0 Å². The van der Waals surface area contributed by atoms with Crippen molar-refractivity contribution in [3.05, 3.63) is 59.4 Å². The Morgan fingerprint density at radius 2 is 2.14 bits per heavy atom. The van der Waals surface area contributed by atoms with Crippen LogP contribution in [0.4, 0.5) is 0 Å². The number of carbonyl (C=O) groups is 1. The van der Waals surface area contributed by atoms with E-state index in [0.717, 1.165) is 11.1 Å². The van der Waals surface area contributed by atoms with Crippen LogP contribution in [0, 0.1) is 6.92 Å². The molecule has 0 spiro atoms. The lowest BCUT2D eigenvalue weighted by atomic mass is 10.1. The molecule has 2 N–H and O–H groups in total. The van der Waals surface area contributed by atoms with E-state index >= 15 is 0 Å². The maximum Gasteiger partial charge on any atom is 0.257 e. The largest absolute Gasteiger partial charge is 0.507 e. The monoisotopic (exact) mass is 286 g/mol. The number of amides is 1. The summed E-state index contributed by atoms with van der Waals surface area (Å²) in [4.78, 5) is 18.0. The summed E-state index contributed by atoms with van der Waals surface area (Å²) in [6.07, 6.45) is 3.33. The van der Waals surface area contributed by atoms with E-state index < -0.39 is 0 Å². The van der Waals surface area contributed by atoms with Gasteiger partial charge in [-0.25, -0.2) is 0 Å². The molecule has 0 aliphatic rings. The Balaban J connectivity index is 2.23. The van der Waals surface area contributed by atoms with E-state index in [9.17, 15) is 9.90 Å². The van der Waals surface area contributed by atoms with Crippen molar-refractivity contribution >= 4 is 5.91 Å². The number of carbonyl (C=O) groups excluding carboxylic acids is 1. The third-order valence-corrected chi connectivity index (χ3v) is 3.14. The Labute approximate surface area is 123 Å². The number of aromatic nitrogens is 1. The lowest BCUT2D eigenvalue weighted by molar-refractivity contribution is 0.0704. The zero-order chi connectivity index (χ0) is 15.2. The first-order chi connectivity index (χ1) is 10.1. The van der Waals surface area contributed by atoms with Crippen molar-refractivity contribution in [2.75, 3.05) is 13.2 Å². The summed E-state index contributed by atoms with van der Waals surface area (Å²) in [5.41, 5.74) is 1.98. The van der Waals surface area contributed by atoms with Crippen molar-refractivity contribution in [1.29, 1.82) is 0 Å². The van der Waals surface area contributed by atoms with Crippen LogP contribution in [0.2, 0.25) is 0 Å². The molecule has 2 aromatic rings. The SMILES string of the molecule is Cc1ccc(C(=O)N(CCO)Cc2cccnc2)c(O)c1. The topological polar surface area (TPSA) is 73.7 Å². The van der Waals surface area contributed by atoms with E-state index in [-0.39, 0.29) is 30.4 Å². The number of pyridine rings is 1. The van der Waals surface area contributed by atoms with Crippen molar-refractivity contribution in [3.8, 4) is 5.75 Å². The number of rotatable bonds is 5. The molecule has 0 aliphatic carbocycles. The van der Waals surface area contributed by atoms with Gasteiger partial charge in [0.25, 0.3) is 5.91 Å². The minimum absolute atomic E-state index is 0.0471. The molecule has 1 amide bonds. The fourth-order valence-corrected chi connectivity index (χ4v) is 2.08. The van der Waals surface area contributed by atoms with Crippen LogP contribution < -0.4 is 0 Å². The average Bonchev–Trinajstić information content (AvgIpc) is 2.47. The van der Waals surface area contributed by atoms with Gasteiger partial charge < -0.3 is 15.1 Å². The molecule has 5 heteroatoms. The highest BCUT2D eigenvalue weighted by atomic mass is 16.3. The molecule has 0 saturated carbocycles. The third kappa shape index (κ3) is 3.79. The van der Waals surface area contributed by atoms with Crippen molar-refractivity contribution in [2.45, 2.75) is 13.5 Å². The lowest BCUT2D eigenvalue weighted by Gasteiger charge is -2.22. The number of nitrogens with zero attached hydrogens (tertiary/aromatic N) is 2. The van der Waals surface area contributed by atoms with Gasteiger partial charge in [-0.2, -0.15) is 0 Å². The Morgan fingerprint density at radius 3 is 2.76 bits per heavy atom. The summed E-state index contributed by atoms with van der Waals surface area (Å²) in [6.45, 7) is 2.23. The summed E-state index contributed by atoms with van der Waals surface area (Å²) in [5.74, 6) is -0.362. The van der Waals surface area contributed by atoms with E-state index in [1.165, 1.54) is 4.90 Å². The van der Waals surface area contributed by atoms with Crippen LogP contribution >= 0.6 is 0 Å². The molecule has 0 aliphatic heterocycles. The zero-order valence-corrected chi connectivity index (χ0v) is 11.9. The van der Waals surface area contributed by atoms with Crippen molar-refractivity contribution in [2.24, 2.45) is 0 Å². The summed E-state index contributed by atoms with van der Waals surface area (Å²) < 4.78 is 0. The molecule has 0 radical (unpaired) electrons. The Morgan fingerprint density at radius 1 is 1.33 bits per heavy atom. The lowest BCUT2D eigenvalue weighted by Crippen LogP contribution is -2.33. The molecule has 2 rings (SSSR count). The summed E-state index contributed by atoms with van der Waals surface area (Å²) in [6, 6.07) is 8.57. The second-order valence-corrected chi connectivity index (χ2v) is 4.83. The van der Waals surface area contributed by atoms with Gasteiger partial charge in [-0.05, 0) is 36.2 Å². The molecule has 0 unspecified atom stereocenters. The van der Waals surface area contributed by atoms with Gasteiger partial charge in [-0.15, -0.1) is 0 Å². The molecule has 110 valence electrons. The minimum Gasteiger partial charge on any atom is -0.507 e. The summed E-state index contributed by atoms with van der Waals surface area (Å²) >= 11 is 0. The minimum atomic E-state index is -0.314. The van der Waals surface area contributed by atoms with Crippen LogP contribution in [0.5, 0.6) is 5.75 Å². The van der Waals surface area contributed by atoms with Crippen LogP contribution in [0.15, 0.2) is 42.7 Å². The smallest absolute Gasteiger partial charge is 0.257 e. The Kier molecular flexibility index (Phi) is 4.90. The van der Waals surface area contributed by atoms with Crippen LogP contribution in [-0.2, 0) is 6.54 Å². The summed E-state index contributed by atoms with van der Waals surface area (Å²) in [5, 5.41) is 19.1. The number of benzene rings is 1. The molecule has 1 aromatic carbocycles. The molecule has 1 heterocycles. The molecule has 21 heavy (non-hydrogen) atoms. The highest BCUT2D eigenvalue weighted by Crippen LogP contribution is 2.21. The molecule has 0 atom stereocenters. The van der Waals surface area contributed by atoms with Gasteiger partial charge in [0.05, 0.1) is 12.2 Å². The number of phenolic OH excluding ortho intramolecular Hbond substituents is 1. The zero-order valence-electron chi connectivity index (χ0n) is 11.9. The molecular weight excluding hydrogens is 268 g/mol. The molecule has 1 aromatic heterocycles. The Hall–Kier alpha value is -2.40. The van der Waals surface area contributed by atoms with Crippen LogP contribution in [0.3, 0.4) is 0 Å². The second kappa shape index (κ2) is 6.85. The quantitative estimate of drug-likeness (QED) is 0.878. The first kappa shape index (κ1) is 15.0. The van der Waals surface area contributed by atoms with Crippen molar-refractivity contribution < 1.29 is 15.0 Å². The number of hydrogen-bond acceptors (Lipinski definition) is 4. The van der Waals surface area contributed by atoms with Gasteiger partial charge in [0.15, 0.2) is 0 Å². The van der Waals surface area contributed by atoms with E-state index in [0.29, 0.717) is 6.54 Å². The van der Waals surface area contributed by atoms with Crippen LogP contribution in [-0.4, -0.2) is 39.2 Å². The van der Waals surface area contributed by atoms with E-state index in [2.05, 4.69) is 4.98 Å². The van der Waals surface area contributed by atoms with Crippen LogP contribution in [0.25, 0.3) is 0 Å². The third-order valence-electron chi connectivity index (χ3n) is 3.14. The van der Waals surface area contributed by atoms with Gasteiger partial charge >= 0.3 is 0 Å². The Bertz CT molecular complexity index is 614. The number of hydrogen-bond donors (Lipinski definition) is 2.